The van der Waals surface area contributed by atoms with Crippen molar-refractivity contribution in [2.45, 2.75) is 31.1 Å². The first-order chi connectivity index (χ1) is 18.1. The second-order valence-electron chi connectivity index (χ2n) is 7.54. The van der Waals surface area contributed by atoms with Crippen molar-refractivity contribution in [2.24, 2.45) is 0 Å². The third-order valence-electron chi connectivity index (χ3n) is 4.61. The molecule has 2 N–H and O–H groups in total. The van der Waals surface area contributed by atoms with Gasteiger partial charge < -0.3 is 24.0 Å². The van der Waals surface area contributed by atoms with Gasteiger partial charge in [-0.2, -0.15) is 39.5 Å². The van der Waals surface area contributed by atoms with E-state index in [1.165, 1.54) is 0 Å². The molecule has 0 atom stereocenters. The molecule has 0 bridgehead atoms. The summed E-state index contributed by atoms with van der Waals surface area (Å²) in [5.41, 5.74) is -7.61. The number of alkyl halides is 9. The number of carbonyl (C=O) groups excluding carboxylic acids is 2. The topological polar surface area (TPSA) is 123 Å². The van der Waals surface area contributed by atoms with Gasteiger partial charge in [-0.1, -0.05) is 12.1 Å². The number of nitrogens with zero attached hydrogens (tertiary/aromatic N) is 1. The number of hydrogen-bond acceptors (Lipinski definition) is 6. The molecular formula is C21H17F9NO8P. The summed E-state index contributed by atoms with van der Waals surface area (Å²) in [6, 6.07) is 3.22. The van der Waals surface area contributed by atoms with E-state index in [4.69, 9.17) is 9.47 Å². The number of hydrogen-bond donors (Lipinski definition) is 2. The molecule has 222 valence electrons. The van der Waals surface area contributed by atoms with Gasteiger partial charge in [-0.15, -0.1) is 0 Å². The van der Waals surface area contributed by atoms with Gasteiger partial charge in [0.2, 0.25) is 0 Å². The Kier molecular flexibility index (Phi) is 9.44. The van der Waals surface area contributed by atoms with Crippen molar-refractivity contribution in [1.82, 2.24) is 4.90 Å². The second-order valence-corrected chi connectivity index (χ2v) is 9.20. The van der Waals surface area contributed by atoms with E-state index in [1.54, 1.807) is 0 Å². The zero-order chi connectivity index (χ0) is 30.7. The first-order valence-electron chi connectivity index (χ1n) is 10.4. The summed E-state index contributed by atoms with van der Waals surface area (Å²) in [7, 11) is -6.61. The predicted molar refractivity (Wildman–Crippen MR) is 113 cm³/mol. The summed E-state index contributed by atoms with van der Waals surface area (Å²) < 4.78 is 147. The molecule has 0 heterocycles. The van der Waals surface area contributed by atoms with Gasteiger partial charge in [0.1, 0.15) is 18.0 Å². The Morgan fingerprint density at radius 1 is 0.825 bits per heavy atom. The van der Waals surface area contributed by atoms with E-state index in [-0.39, 0.29) is 12.1 Å². The van der Waals surface area contributed by atoms with E-state index < -0.39 is 84.3 Å². The van der Waals surface area contributed by atoms with Gasteiger partial charge in [-0.3, -0.25) is 9.59 Å². The van der Waals surface area contributed by atoms with Gasteiger partial charge in [-0.05, 0) is 43.3 Å². The first kappa shape index (κ1) is 32.7. The smallest absolute Gasteiger partial charge is 0.465 e. The Bertz CT molecular complexity index is 1210. The standard InChI is InChI=1S/C21H17F9NO8P/c1-2-37-16(32)11-31(17(33)20(28,29)30)21(40(34,35)36,38-14-7-3-5-12(9-14)18(22,23)24)39-15-8-4-6-13(10-15)19(25,26)27/h3-10H,2,11H2,1H3,(H2,34,35,36). The summed E-state index contributed by atoms with van der Waals surface area (Å²) in [5, 5.41) is 0. The molecule has 0 radical (unpaired) electrons. The molecule has 0 aliphatic rings. The maximum atomic E-state index is 13.6. The maximum Gasteiger partial charge on any atom is 0.471 e. The van der Waals surface area contributed by atoms with Crippen LogP contribution in [0.2, 0.25) is 0 Å². The van der Waals surface area contributed by atoms with Crippen LogP contribution in [-0.4, -0.2) is 51.5 Å². The molecule has 0 aliphatic heterocycles. The zero-order valence-corrected chi connectivity index (χ0v) is 20.6. The Morgan fingerprint density at radius 3 is 1.57 bits per heavy atom. The monoisotopic (exact) mass is 613 g/mol. The fourth-order valence-electron chi connectivity index (χ4n) is 2.97. The fraction of sp³-hybridized carbons (Fsp3) is 0.333. The molecule has 40 heavy (non-hydrogen) atoms. The SMILES string of the molecule is CCOC(=O)CN(C(=O)C(F)(F)F)C(Oc1cccc(C(F)(F)F)c1)(Oc1cccc(C(F)(F)F)c1)P(=O)(O)O. The Labute approximate surface area is 218 Å². The molecule has 9 nitrogen and oxygen atoms in total. The molecule has 1 amide bonds. The summed E-state index contributed by atoms with van der Waals surface area (Å²) in [6.07, 6.45) is -16.3. The number of rotatable bonds is 9. The summed E-state index contributed by atoms with van der Waals surface area (Å²) in [4.78, 5) is 43.7. The largest absolute Gasteiger partial charge is 0.471 e. The molecule has 0 aromatic heterocycles. The van der Waals surface area contributed by atoms with Crippen molar-refractivity contribution in [1.29, 1.82) is 0 Å². The van der Waals surface area contributed by atoms with Crippen LogP contribution in [0, 0.1) is 0 Å². The second kappa shape index (κ2) is 11.5. The van der Waals surface area contributed by atoms with Crippen LogP contribution in [0.15, 0.2) is 48.5 Å². The predicted octanol–water partition coefficient (Wildman–Crippen LogP) is 4.93. The zero-order valence-electron chi connectivity index (χ0n) is 19.7. The number of esters is 1. The average molecular weight is 613 g/mol. The van der Waals surface area contributed by atoms with E-state index in [0.29, 0.717) is 36.4 Å². The van der Waals surface area contributed by atoms with Crippen LogP contribution in [0.25, 0.3) is 0 Å². The number of ether oxygens (including phenoxy) is 3. The lowest BCUT2D eigenvalue weighted by atomic mass is 10.2. The van der Waals surface area contributed by atoms with Gasteiger partial charge in [0.15, 0.2) is 0 Å². The fourth-order valence-corrected chi connectivity index (χ4v) is 3.90. The van der Waals surface area contributed by atoms with E-state index >= 15 is 0 Å². The van der Waals surface area contributed by atoms with E-state index in [9.17, 15) is 63.5 Å². The van der Waals surface area contributed by atoms with E-state index in [2.05, 4.69) is 4.74 Å². The lowest BCUT2D eigenvalue weighted by Crippen LogP contribution is -2.63. The molecule has 0 spiro atoms. The van der Waals surface area contributed by atoms with Gasteiger partial charge in [-0.25, -0.2) is 9.46 Å². The van der Waals surface area contributed by atoms with Crippen LogP contribution in [0.4, 0.5) is 39.5 Å². The van der Waals surface area contributed by atoms with Crippen LogP contribution < -0.4 is 9.47 Å². The minimum atomic E-state index is -6.61. The lowest BCUT2D eigenvalue weighted by Gasteiger charge is -2.41. The number of amides is 1. The highest BCUT2D eigenvalue weighted by Crippen LogP contribution is 2.55. The van der Waals surface area contributed by atoms with Crippen molar-refractivity contribution in [2.75, 3.05) is 13.2 Å². The van der Waals surface area contributed by atoms with Crippen LogP contribution in [0.3, 0.4) is 0 Å². The van der Waals surface area contributed by atoms with Crippen molar-refractivity contribution < 1.29 is 77.7 Å². The van der Waals surface area contributed by atoms with Gasteiger partial charge >= 0.3 is 43.7 Å². The molecule has 2 aromatic rings. The van der Waals surface area contributed by atoms with Gasteiger partial charge in [0.25, 0.3) is 0 Å². The lowest BCUT2D eigenvalue weighted by molar-refractivity contribution is -0.224. The molecule has 0 unspecified atom stereocenters. The molecule has 0 saturated heterocycles. The highest BCUT2D eigenvalue weighted by atomic mass is 31.2. The highest BCUT2D eigenvalue weighted by Gasteiger charge is 2.65. The third kappa shape index (κ3) is 7.79. The molecular weight excluding hydrogens is 596 g/mol. The number of benzene rings is 2. The number of carbonyl (C=O) groups is 2. The summed E-state index contributed by atoms with van der Waals surface area (Å²) in [5.74, 6) is -7.51. The molecule has 0 saturated carbocycles. The third-order valence-corrected chi connectivity index (χ3v) is 5.77. The number of halogens is 9. The van der Waals surface area contributed by atoms with Crippen LogP contribution >= 0.6 is 7.60 Å². The average Bonchev–Trinajstić information content (AvgIpc) is 2.80. The normalized spacial score (nSPS) is 13.0. The molecule has 0 fully saturated rings. The summed E-state index contributed by atoms with van der Waals surface area (Å²) in [6.45, 7) is -1.36. The summed E-state index contributed by atoms with van der Waals surface area (Å²) >= 11 is 0. The highest BCUT2D eigenvalue weighted by molar-refractivity contribution is 7.53. The molecule has 2 rings (SSSR count). The van der Waals surface area contributed by atoms with Crippen molar-refractivity contribution in [3.8, 4) is 11.5 Å². The Hall–Kier alpha value is -3.50. The first-order valence-corrected chi connectivity index (χ1v) is 12.1. The van der Waals surface area contributed by atoms with Crippen LogP contribution in [-0.2, 0) is 31.2 Å². The van der Waals surface area contributed by atoms with E-state index in [0.717, 1.165) is 6.92 Å². The Morgan fingerprint density at radius 2 is 1.25 bits per heavy atom. The minimum absolute atomic E-state index is 0.0422. The van der Waals surface area contributed by atoms with Crippen molar-refractivity contribution in [3.63, 3.8) is 0 Å². The molecule has 19 heteroatoms. The van der Waals surface area contributed by atoms with Crippen LogP contribution in [0.5, 0.6) is 11.5 Å². The molecule has 2 aromatic carbocycles. The van der Waals surface area contributed by atoms with Crippen molar-refractivity contribution >= 4 is 19.5 Å². The minimum Gasteiger partial charge on any atom is -0.465 e. The van der Waals surface area contributed by atoms with Gasteiger partial charge in [0, 0.05) is 0 Å². The quantitative estimate of drug-likeness (QED) is 0.177. The van der Waals surface area contributed by atoms with Crippen LogP contribution in [0.1, 0.15) is 18.1 Å². The van der Waals surface area contributed by atoms with Gasteiger partial charge in [0.05, 0.1) is 17.7 Å². The maximum absolute atomic E-state index is 13.6. The van der Waals surface area contributed by atoms with Crippen molar-refractivity contribution in [3.05, 3.63) is 59.7 Å². The van der Waals surface area contributed by atoms with E-state index in [1.807, 2.05) is 0 Å². The Balaban J connectivity index is 2.91. The molecule has 0 aliphatic carbocycles.